The lowest BCUT2D eigenvalue weighted by Gasteiger charge is -2.38. The highest BCUT2D eigenvalue weighted by molar-refractivity contribution is 5.58. The summed E-state index contributed by atoms with van der Waals surface area (Å²) in [6, 6.07) is 13.2. The molecule has 0 aliphatic carbocycles. The van der Waals surface area contributed by atoms with Gasteiger partial charge in [-0.05, 0) is 35.7 Å². The number of nitrogens with two attached hydrogens (primary N) is 1. The number of benzene rings is 2. The molecule has 24 heavy (non-hydrogen) atoms. The Labute approximate surface area is 138 Å². The second-order valence-electron chi connectivity index (χ2n) is 5.73. The molecule has 0 aromatic heterocycles. The molecule has 1 aliphatic heterocycles. The van der Waals surface area contributed by atoms with Gasteiger partial charge in [-0.25, -0.2) is 0 Å². The summed E-state index contributed by atoms with van der Waals surface area (Å²) in [6.07, 6.45) is -3.75. The lowest BCUT2D eigenvalue weighted by molar-refractivity contribution is -0.137. The second-order valence-corrected chi connectivity index (χ2v) is 5.73. The van der Waals surface area contributed by atoms with Crippen LogP contribution in [0, 0.1) is 11.3 Å². The van der Waals surface area contributed by atoms with Gasteiger partial charge in [-0.2, -0.15) is 18.4 Å². The van der Waals surface area contributed by atoms with Gasteiger partial charge < -0.3 is 10.6 Å². The number of hydrogen-bond donors (Lipinski definition) is 1. The Hall–Kier alpha value is -2.52. The van der Waals surface area contributed by atoms with Gasteiger partial charge in [-0.15, -0.1) is 0 Å². The molecule has 2 aromatic rings. The van der Waals surface area contributed by atoms with Crippen molar-refractivity contribution in [2.24, 2.45) is 5.73 Å². The Morgan fingerprint density at radius 1 is 1.21 bits per heavy atom. The van der Waals surface area contributed by atoms with Crippen molar-refractivity contribution in [2.45, 2.75) is 18.6 Å². The molecule has 2 aromatic carbocycles. The molecule has 6 heteroatoms. The van der Waals surface area contributed by atoms with E-state index in [2.05, 4.69) is 0 Å². The first-order valence-electron chi connectivity index (χ1n) is 7.61. The third kappa shape index (κ3) is 2.83. The Morgan fingerprint density at radius 3 is 2.62 bits per heavy atom. The molecule has 0 bridgehead atoms. The fourth-order valence-corrected chi connectivity index (χ4v) is 3.27. The van der Waals surface area contributed by atoms with E-state index in [1.54, 1.807) is 6.07 Å². The topological polar surface area (TPSA) is 53.0 Å². The SMILES string of the molecule is N#Cc1cc(N2CCc3ccccc3C2CN)ccc1C(F)(F)F. The van der Waals surface area contributed by atoms with Gasteiger partial charge in [0.1, 0.15) is 0 Å². The highest BCUT2D eigenvalue weighted by Gasteiger charge is 2.34. The lowest BCUT2D eigenvalue weighted by Crippen LogP contribution is -2.39. The normalized spacial score (nSPS) is 17.3. The highest BCUT2D eigenvalue weighted by Crippen LogP contribution is 2.37. The Bertz CT molecular complexity index is 793. The molecule has 1 aliphatic rings. The second kappa shape index (κ2) is 6.17. The Kier molecular flexibility index (Phi) is 4.20. The first-order chi connectivity index (χ1) is 11.5. The highest BCUT2D eigenvalue weighted by atomic mass is 19.4. The molecule has 124 valence electrons. The molecule has 3 rings (SSSR count). The molecule has 0 saturated carbocycles. The van der Waals surface area contributed by atoms with Gasteiger partial charge in [0.2, 0.25) is 0 Å². The Balaban J connectivity index is 2.02. The molecular weight excluding hydrogens is 315 g/mol. The molecule has 2 N–H and O–H groups in total. The quantitative estimate of drug-likeness (QED) is 0.914. The summed E-state index contributed by atoms with van der Waals surface area (Å²) in [5.74, 6) is 0. The van der Waals surface area contributed by atoms with Crippen molar-refractivity contribution >= 4 is 5.69 Å². The summed E-state index contributed by atoms with van der Waals surface area (Å²) in [5, 5.41) is 9.09. The van der Waals surface area contributed by atoms with Crippen LogP contribution < -0.4 is 10.6 Å². The average molecular weight is 331 g/mol. The van der Waals surface area contributed by atoms with E-state index in [4.69, 9.17) is 11.0 Å². The predicted octanol–water partition coefficient (Wildman–Crippen LogP) is 3.64. The fourth-order valence-electron chi connectivity index (χ4n) is 3.27. The molecule has 1 heterocycles. The van der Waals surface area contributed by atoms with Crippen LogP contribution in [-0.2, 0) is 12.6 Å². The maximum atomic E-state index is 13.0. The average Bonchev–Trinajstić information content (AvgIpc) is 2.59. The minimum Gasteiger partial charge on any atom is -0.363 e. The van der Waals surface area contributed by atoms with Gasteiger partial charge >= 0.3 is 6.18 Å². The lowest BCUT2D eigenvalue weighted by atomic mass is 9.91. The molecule has 3 nitrogen and oxygen atoms in total. The van der Waals surface area contributed by atoms with E-state index < -0.39 is 11.7 Å². The van der Waals surface area contributed by atoms with Crippen molar-refractivity contribution in [2.75, 3.05) is 18.0 Å². The third-order valence-electron chi connectivity index (χ3n) is 4.40. The number of nitriles is 1. The molecular formula is C18H16F3N3. The minimum atomic E-state index is -4.54. The maximum absolute atomic E-state index is 13.0. The predicted molar refractivity (Wildman–Crippen MR) is 85.4 cm³/mol. The number of nitrogens with zero attached hydrogens (tertiary/aromatic N) is 2. The van der Waals surface area contributed by atoms with Gasteiger partial charge in [0.25, 0.3) is 0 Å². The van der Waals surface area contributed by atoms with Gasteiger partial charge in [0.05, 0.1) is 23.2 Å². The van der Waals surface area contributed by atoms with Crippen molar-refractivity contribution in [1.29, 1.82) is 5.26 Å². The van der Waals surface area contributed by atoms with E-state index in [-0.39, 0.29) is 11.6 Å². The van der Waals surface area contributed by atoms with Crippen LogP contribution in [0.2, 0.25) is 0 Å². The van der Waals surface area contributed by atoms with Crippen LogP contribution in [-0.4, -0.2) is 13.1 Å². The summed E-state index contributed by atoms with van der Waals surface area (Å²) in [7, 11) is 0. The number of rotatable bonds is 2. The molecule has 0 amide bonds. The van der Waals surface area contributed by atoms with Crippen LogP contribution in [0.1, 0.15) is 28.3 Å². The van der Waals surface area contributed by atoms with Crippen LogP contribution in [0.4, 0.5) is 18.9 Å². The smallest absolute Gasteiger partial charge is 0.363 e. The molecule has 1 unspecified atom stereocenters. The van der Waals surface area contributed by atoms with E-state index in [1.165, 1.54) is 17.7 Å². The maximum Gasteiger partial charge on any atom is 0.417 e. The number of halogens is 3. The van der Waals surface area contributed by atoms with Gasteiger partial charge in [-0.3, -0.25) is 0 Å². The van der Waals surface area contributed by atoms with Crippen molar-refractivity contribution < 1.29 is 13.2 Å². The van der Waals surface area contributed by atoms with Crippen molar-refractivity contribution in [3.63, 3.8) is 0 Å². The fraction of sp³-hybridized carbons (Fsp3) is 0.278. The third-order valence-corrected chi connectivity index (χ3v) is 4.40. The molecule has 0 fully saturated rings. The van der Waals surface area contributed by atoms with Gasteiger partial charge in [0, 0.05) is 18.8 Å². The number of anilines is 1. The zero-order chi connectivity index (χ0) is 17.3. The van der Waals surface area contributed by atoms with Gasteiger partial charge in [-0.1, -0.05) is 24.3 Å². The van der Waals surface area contributed by atoms with Gasteiger partial charge in [0.15, 0.2) is 0 Å². The van der Waals surface area contributed by atoms with Crippen LogP contribution in [0.25, 0.3) is 0 Å². The number of hydrogen-bond acceptors (Lipinski definition) is 3. The minimum absolute atomic E-state index is 0.113. The van der Waals surface area contributed by atoms with Crippen molar-refractivity contribution in [1.82, 2.24) is 0 Å². The van der Waals surface area contributed by atoms with Crippen LogP contribution in [0.5, 0.6) is 0 Å². The molecule has 0 radical (unpaired) electrons. The van der Waals surface area contributed by atoms with Crippen LogP contribution in [0.15, 0.2) is 42.5 Å². The summed E-state index contributed by atoms with van der Waals surface area (Å²) in [6.45, 7) is 0.995. The first-order valence-corrected chi connectivity index (χ1v) is 7.61. The largest absolute Gasteiger partial charge is 0.417 e. The van der Waals surface area contributed by atoms with Crippen molar-refractivity contribution in [3.05, 3.63) is 64.7 Å². The molecule has 1 atom stereocenters. The number of alkyl halides is 3. The molecule has 0 spiro atoms. The monoisotopic (exact) mass is 331 g/mol. The zero-order valence-corrected chi connectivity index (χ0v) is 12.8. The van der Waals surface area contributed by atoms with E-state index in [9.17, 15) is 13.2 Å². The standard InChI is InChI=1S/C18H16F3N3/c19-18(20,21)16-6-5-14(9-13(16)10-22)24-8-7-12-3-1-2-4-15(12)17(24)11-23/h1-6,9,17H,7-8,11,23H2. The first kappa shape index (κ1) is 16.3. The number of fused-ring (bicyclic) bond motifs is 1. The molecule has 0 saturated heterocycles. The van der Waals surface area contributed by atoms with E-state index in [0.29, 0.717) is 18.8 Å². The van der Waals surface area contributed by atoms with E-state index >= 15 is 0 Å². The zero-order valence-electron chi connectivity index (χ0n) is 12.8. The summed E-state index contributed by atoms with van der Waals surface area (Å²) in [4.78, 5) is 1.98. The van der Waals surface area contributed by atoms with Crippen LogP contribution in [0.3, 0.4) is 0 Å². The summed E-state index contributed by atoms with van der Waals surface area (Å²) in [5.41, 5.74) is 7.54. The van der Waals surface area contributed by atoms with E-state index in [1.807, 2.05) is 29.2 Å². The van der Waals surface area contributed by atoms with Crippen LogP contribution >= 0.6 is 0 Å². The Morgan fingerprint density at radius 2 is 1.96 bits per heavy atom. The van der Waals surface area contributed by atoms with Crippen molar-refractivity contribution in [3.8, 4) is 6.07 Å². The van der Waals surface area contributed by atoms with E-state index in [0.717, 1.165) is 18.1 Å². The summed E-state index contributed by atoms with van der Waals surface area (Å²) >= 11 is 0. The summed E-state index contributed by atoms with van der Waals surface area (Å²) < 4.78 is 38.9.